The number of aryl methyl sites for hydroxylation is 3. The Morgan fingerprint density at radius 3 is 2.19 bits per heavy atom. The molecule has 338 valence electrons. The number of ether oxygens (including phenoxy) is 3. The van der Waals surface area contributed by atoms with Crippen molar-refractivity contribution < 1.29 is 46.0 Å². The molecule has 0 spiro atoms. The second kappa shape index (κ2) is 21.5. The highest BCUT2D eigenvalue weighted by Crippen LogP contribution is 2.31. The Labute approximate surface area is 368 Å². The Balaban J connectivity index is 1.17. The molecule has 0 aliphatic carbocycles. The maximum atomic E-state index is 14.4. The smallest absolute Gasteiger partial charge is 0.410 e. The summed E-state index contributed by atoms with van der Waals surface area (Å²) >= 11 is 0. The minimum atomic E-state index is -3.89. The van der Waals surface area contributed by atoms with Gasteiger partial charge in [0.2, 0.25) is 5.91 Å². The minimum absolute atomic E-state index is 0.0262. The van der Waals surface area contributed by atoms with Gasteiger partial charge in [-0.1, -0.05) is 35.9 Å². The molecule has 2 amide bonds. The lowest BCUT2D eigenvalue weighted by Crippen LogP contribution is -2.44. The number of Topliss-reactive ketones (excluding diaryl/α,β-unsaturated/α-hetero) is 1. The molecule has 2 aliphatic rings. The monoisotopic (exact) mass is 875 g/mol. The van der Waals surface area contributed by atoms with Crippen molar-refractivity contribution in [3.05, 3.63) is 89.2 Å². The topological polar surface area (TPSA) is 159 Å². The summed E-state index contributed by atoms with van der Waals surface area (Å²) in [5, 5.41) is 0. The maximum absolute atomic E-state index is 14.4. The van der Waals surface area contributed by atoms with E-state index in [1.807, 2.05) is 52.0 Å². The van der Waals surface area contributed by atoms with Crippen LogP contribution in [0.3, 0.4) is 0 Å². The van der Waals surface area contributed by atoms with Crippen molar-refractivity contribution in [2.45, 2.75) is 128 Å². The molecule has 62 heavy (non-hydrogen) atoms. The van der Waals surface area contributed by atoms with Gasteiger partial charge in [0.15, 0.2) is 0 Å². The van der Waals surface area contributed by atoms with E-state index in [1.54, 1.807) is 61.2 Å². The van der Waals surface area contributed by atoms with Crippen LogP contribution in [0.4, 0.5) is 4.79 Å². The van der Waals surface area contributed by atoms with Crippen molar-refractivity contribution in [1.82, 2.24) is 14.8 Å². The number of amides is 2. The Morgan fingerprint density at radius 2 is 1.50 bits per heavy atom. The number of esters is 1. The second-order valence-electron chi connectivity index (χ2n) is 18.6. The molecular weight excluding hydrogens is 811 g/mol. The van der Waals surface area contributed by atoms with E-state index in [0.717, 1.165) is 36.0 Å². The Hall–Kier alpha value is -4.82. The van der Waals surface area contributed by atoms with Gasteiger partial charge in [-0.3, -0.25) is 23.6 Å². The summed E-state index contributed by atoms with van der Waals surface area (Å²) in [7, 11) is -3.89. The average Bonchev–Trinajstić information content (AvgIpc) is 3.22. The fourth-order valence-corrected chi connectivity index (χ4v) is 8.75. The van der Waals surface area contributed by atoms with Gasteiger partial charge in [0.25, 0.3) is 10.1 Å². The van der Waals surface area contributed by atoms with Crippen LogP contribution in [-0.4, -0.2) is 97.5 Å². The summed E-state index contributed by atoms with van der Waals surface area (Å²) in [6.07, 6.45) is 8.25. The highest BCUT2D eigenvalue weighted by molar-refractivity contribution is 7.86. The number of ketones is 1. The number of pyridine rings is 1. The number of benzene rings is 2. The van der Waals surface area contributed by atoms with E-state index in [2.05, 4.69) is 4.98 Å². The summed E-state index contributed by atoms with van der Waals surface area (Å²) in [6, 6.07) is 15.9. The zero-order valence-corrected chi connectivity index (χ0v) is 38.3. The normalized spacial score (nSPS) is 17.0. The molecule has 5 rings (SSSR count). The predicted octanol–water partition coefficient (Wildman–Crippen LogP) is 8.01. The number of carbonyl (C=O) groups is 4. The molecule has 2 saturated heterocycles. The van der Waals surface area contributed by atoms with Gasteiger partial charge in [0, 0.05) is 50.9 Å². The lowest BCUT2D eigenvalue weighted by atomic mass is 9.81. The maximum Gasteiger partial charge on any atom is 0.410 e. The van der Waals surface area contributed by atoms with Crippen molar-refractivity contribution in [3.63, 3.8) is 0 Å². The lowest BCUT2D eigenvalue weighted by molar-refractivity contribution is -0.156. The Bertz CT molecular complexity index is 2100. The van der Waals surface area contributed by atoms with Gasteiger partial charge in [-0.2, -0.15) is 8.42 Å². The fourth-order valence-electron chi connectivity index (χ4n) is 7.86. The molecule has 2 atom stereocenters. The molecule has 3 aromatic rings. The van der Waals surface area contributed by atoms with Crippen LogP contribution in [0.15, 0.2) is 71.9 Å². The van der Waals surface area contributed by atoms with E-state index in [9.17, 15) is 27.6 Å². The van der Waals surface area contributed by atoms with Crippen LogP contribution in [0.5, 0.6) is 5.75 Å². The van der Waals surface area contributed by atoms with Gasteiger partial charge in [-0.05, 0) is 140 Å². The third-order valence-electron chi connectivity index (χ3n) is 11.1. The first-order chi connectivity index (χ1) is 29.2. The number of hydrogen-bond acceptors (Lipinski definition) is 11. The van der Waals surface area contributed by atoms with E-state index in [-0.39, 0.29) is 42.3 Å². The zero-order valence-electron chi connectivity index (χ0n) is 37.5. The van der Waals surface area contributed by atoms with Gasteiger partial charge >= 0.3 is 12.1 Å². The number of carbonyl (C=O) groups excluding carboxylic acids is 4. The number of piperidine rings is 2. The molecule has 3 heterocycles. The average molecular weight is 876 g/mol. The first-order valence-corrected chi connectivity index (χ1v) is 23.3. The predicted molar refractivity (Wildman–Crippen MR) is 235 cm³/mol. The van der Waals surface area contributed by atoms with E-state index < -0.39 is 39.1 Å². The highest BCUT2D eigenvalue weighted by atomic mass is 32.2. The molecule has 2 fully saturated rings. The first-order valence-electron chi connectivity index (χ1n) is 21.9. The van der Waals surface area contributed by atoms with E-state index in [0.29, 0.717) is 75.5 Å². The quantitative estimate of drug-likeness (QED) is 0.0735. The van der Waals surface area contributed by atoms with Crippen molar-refractivity contribution in [2.24, 2.45) is 11.8 Å². The number of rotatable bonds is 17. The molecule has 14 heteroatoms. The molecule has 0 unspecified atom stereocenters. The van der Waals surface area contributed by atoms with Gasteiger partial charge in [0.05, 0.1) is 17.2 Å². The van der Waals surface area contributed by atoms with E-state index in [1.165, 1.54) is 12.1 Å². The van der Waals surface area contributed by atoms with E-state index >= 15 is 0 Å². The van der Waals surface area contributed by atoms with Crippen LogP contribution in [0.25, 0.3) is 0 Å². The minimum Gasteiger partial charge on any atom is -0.491 e. The Kier molecular flexibility index (Phi) is 16.7. The largest absolute Gasteiger partial charge is 0.491 e. The third kappa shape index (κ3) is 15.2. The molecule has 1 aromatic heterocycles. The number of nitrogens with zero attached hydrogens (tertiary/aromatic N) is 3. The van der Waals surface area contributed by atoms with Gasteiger partial charge in [0.1, 0.15) is 35.9 Å². The summed E-state index contributed by atoms with van der Waals surface area (Å²) in [4.78, 5) is 61.9. The van der Waals surface area contributed by atoms with Crippen molar-refractivity contribution in [1.29, 1.82) is 0 Å². The van der Waals surface area contributed by atoms with Crippen LogP contribution in [-0.2, 0) is 51.0 Å². The Morgan fingerprint density at radius 1 is 0.806 bits per heavy atom. The summed E-state index contributed by atoms with van der Waals surface area (Å²) in [5.41, 5.74) is 2.19. The SMILES string of the molecule is Cc1ccc(S(=O)(=O)OCCOc2cccc(CCc3cncc([C@H](CC(=O)OC(C)(C)C)C(=O)[C@@H]4CCCN(C(=O)CCC5CCN(C(=O)OC(C)(C)C)CC5)C4)c3)c2)cc1. The van der Waals surface area contributed by atoms with Gasteiger partial charge in [-0.15, -0.1) is 0 Å². The van der Waals surface area contributed by atoms with Crippen LogP contribution in [0, 0.1) is 18.8 Å². The fraction of sp³-hybridized carbons (Fsp3) is 0.562. The molecule has 13 nitrogen and oxygen atoms in total. The highest BCUT2D eigenvalue weighted by Gasteiger charge is 2.36. The lowest BCUT2D eigenvalue weighted by Gasteiger charge is -2.35. The van der Waals surface area contributed by atoms with Gasteiger partial charge in [-0.25, -0.2) is 4.79 Å². The van der Waals surface area contributed by atoms with Crippen LogP contribution in [0.1, 0.15) is 115 Å². The first kappa shape index (κ1) is 48.2. The number of hydrogen-bond donors (Lipinski definition) is 0. The zero-order chi connectivity index (χ0) is 45.1. The summed E-state index contributed by atoms with van der Waals surface area (Å²) in [6.45, 7) is 14.8. The molecule has 2 aliphatic heterocycles. The molecule has 0 saturated carbocycles. The van der Waals surface area contributed by atoms with E-state index in [4.69, 9.17) is 18.4 Å². The molecule has 0 bridgehead atoms. The molecule has 0 N–H and O–H groups in total. The van der Waals surface area contributed by atoms with Crippen LogP contribution in [0.2, 0.25) is 0 Å². The second-order valence-corrected chi connectivity index (χ2v) is 20.2. The summed E-state index contributed by atoms with van der Waals surface area (Å²) < 4.78 is 47.2. The molecule has 2 aromatic carbocycles. The standard InChI is InChI=1S/C48H65N3O10S/c1-34-13-18-41(19-14-34)62(56,57)59-27-26-58-40-12-8-10-36(29-40)15-16-37-28-39(32-49-31-37)42(30-44(53)60-47(2,3)4)45(54)38-11-9-23-51(33-38)43(52)20-17-35-21-24-50(25-22-35)46(55)61-48(5,6)7/h8,10,12-14,18-19,28-29,31-32,35,38,42H,9,11,15-17,20-27,30,33H2,1-7H3/t38-,42+/m1/s1. The van der Waals surface area contributed by atoms with Gasteiger partial charge < -0.3 is 24.0 Å². The number of aromatic nitrogens is 1. The number of likely N-dealkylation sites (tertiary alicyclic amines) is 2. The van der Waals surface area contributed by atoms with Crippen LogP contribution >= 0.6 is 0 Å². The van der Waals surface area contributed by atoms with Crippen molar-refractivity contribution in [2.75, 3.05) is 39.4 Å². The van der Waals surface area contributed by atoms with Crippen molar-refractivity contribution in [3.8, 4) is 5.75 Å². The van der Waals surface area contributed by atoms with Crippen molar-refractivity contribution >= 4 is 33.9 Å². The summed E-state index contributed by atoms with van der Waals surface area (Å²) in [5.74, 6) is -0.857. The van der Waals surface area contributed by atoms with Crippen LogP contribution < -0.4 is 4.74 Å². The third-order valence-corrected chi connectivity index (χ3v) is 12.4. The molecular formula is C48H65N3O10S. The molecule has 0 radical (unpaired) electrons.